The molecular formula is C19H31N3. The molecule has 0 aliphatic rings. The van der Waals surface area contributed by atoms with Crippen molar-refractivity contribution in [3.05, 3.63) is 34.2 Å². The molecule has 3 heteroatoms. The number of nitriles is 1. The molecule has 0 rings (SSSR count). The highest BCUT2D eigenvalue weighted by atomic mass is 14.7. The second-order valence-corrected chi connectivity index (χ2v) is 5.42. The third kappa shape index (κ3) is 6.76. The second-order valence-electron chi connectivity index (χ2n) is 5.42. The minimum absolute atomic E-state index is 0.573. The summed E-state index contributed by atoms with van der Waals surface area (Å²) in [6.07, 6.45) is 9.41. The van der Waals surface area contributed by atoms with Crippen LogP contribution in [0.2, 0.25) is 0 Å². The molecule has 0 spiro atoms. The normalized spacial score (nSPS) is 14.6. The van der Waals surface area contributed by atoms with Crippen LogP contribution >= 0.6 is 0 Å². The summed E-state index contributed by atoms with van der Waals surface area (Å²) in [5.74, 6) is 0. The number of aliphatic imine (C=N–C) groups is 1. The highest BCUT2D eigenvalue weighted by molar-refractivity contribution is 5.58. The van der Waals surface area contributed by atoms with Gasteiger partial charge in [-0.15, -0.1) is 0 Å². The van der Waals surface area contributed by atoms with Crippen molar-refractivity contribution in [1.29, 1.82) is 5.26 Å². The Bertz CT molecular complexity index is 499. The molecule has 0 aliphatic heterocycles. The summed E-state index contributed by atoms with van der Waals surface area (Å²) >= 11 is 0. The van der Waals surface area contributed by atoms with Crippen LogP contribution in [0.15, 0.2) is 39.2 Å². The largest absolute Gasteiger partial charge is 0.398 e. The van der Waals surface area contributed by atoms with Crippen LogP contribution in [0.4, 0.5) is 0 Å². The van der Waals surface area contributed by atoms with Gasteiger partial charge in [0.1, 0.15) is 0 Å². The Hall–Kier alpha value is -1.82. The maximum absolute atomic E-state index is 8.78. The summed E-state index contributed by atoms with van der Waals surface area (Å²) in [5.41, 5.74) is 11.7. The van der Waals surface area contributed by atoms with Crippen LogP contribution in [0, 0.1) is 11.3 Å². The molecule has 0 aromatic heterocycles. The molecular weight excluding hydrogens is 270 g/mol. The van der Waals surface area contributed by atoms with Gasteiger partial charge in [-0.3, -0.25) is 4.99 Å². The van der Waals surface area contributed by atoms with Gasteiger partial charge >= 0.3 is 0 Å². The van der Waals surface area contributed by atoms with Gasteiger partial charge in [-0.2, -0.15) is 5.26 Å². The number of nitrogens with zero attached hydrogens (tertiary/aromatic N) is 2. The Kier molecular flexibility index (Phi) is 10.8. The van der Waals surface area contributed by atoms with Crippen molar-refractivity contribution in [1.82, 2.24) is 0 Å². The quantitative estimate of drug-likeness (QED) is 0.351. The van der Waals surface area contributed by atoms with Crippen LogP contribution in [0.25, 0.3) is 0 Å². The van der Waals surface area contributed by atoms with Crippen molar-refractivity contribution in [2.75, 3.05) is 0 Å². The van der Waals surface area contributed by atoms with E-state index < -0.39 is 0 Å². The van der Waals surface area contributed by atoms with Gasteiger partial charge in [0.25, 0.3) is 0 Å². The Labute approximate surface area is 136 Å². The second kappa shape index (κ2) is 11.8. The van der Waals surface area contributed by atoms with E-state index in [2.05, 4.69) is 37.9 Å². The molecule has 0 aliphatic carbocycles. The minimum Gasteiger partial charge on any atom is -0.398 e. The number of nitrogens with two attached hydrogens (primary N) is 1. The van der Waals surface area contributed by atoms with E-state index >= 15 is 0 Å². The first-order valence-corrected chi connectivity index (χ1v) is 8.24. The Morgan fingerprint density at radius 3 is 2.45 bits per heavy atom. The maximum Gasteiger partial charge on any atom is 0.0621 e. The zero-order valence-electron chi connectivity index (χ0n) is 14.9. The zero-order chi connectivity index (χ0) is 17.0. The SMILES string of the molecule is CC=N/C(C)=C(C(=C\CCC)/CCCC#N)\C(N)=C(/C)CC. The lowest BCUT2D eigenvalue weighted by Gasteiger charge is -2.17. The summed E-state index contributed by atoms with van der Waals surface area (Å²) in [5, 5.41) is 8.78. The summed E-state index contributed by atoms with van der Waals surface area (Å²) in [6, 6.07) is 2.22. The van der Waals surface area contributed by atoms with Crippen molar-refractivity contribution in [2.24, 2.45) is 10.7 Å². The van der Waals surface area contributed by atoms with E-state index in [0.29, 0.717) is 6.42 Å². The van der Waals surface area contributed by atoms with E-state index in [0.717, 1.165) is 49.1 Å². The molecule has 122 valence electrons. The third-order valence-corrected chi connectivity index (χ3v) is 3.68. The van der Waals surface area contributed by atoms with E-state index in [9.17, 15) is 0 Å². The summed E-state index contributed by atoms with van der Waals surface area (Å²) in [6.45, 7) is 10.3. The van der Waals surface area contributed by atoms with Crippen molar-refractivity contribution < 1.29 is 0 Å². The van der Waals surface area contributed by atoms with Crippen molar-refractivity contribution in [2.45, 2.75) is 73.1 Å². The molecule has 0 atom stereocenters. The van der Waals surface area contributed by atoms with Crippen molar-refractivity contribution in [3.63, 3.8) is 0 Å². The average molecular weight is 301 g/mol. The third-order valence-electron chi connectivity index (χ3n) is 3.68. The van der Waals surface area contributed by atoms with Crippen molar-refractivity contribution >= 4 is 6.21 Å². The highest BCUT2D eigenvalue weighted by Gasteiger charge is 2.13. The van der Waals surface area contributed by atoms with Gasteiger partial charge in [0.15, 0.2) is 0 Å². The Morgan fingerprint density at radius 2 is 1.95 bits per heavy atom. The lowest BCUT2D eigenvalue weighted by atomic mass is 9.92. The lowest BCUT2D eigenvalue weighted by molar-refractivity contribution is 0.827. The van der Waals surface area contributed by atoms with Gasteiger partial charge in [0.2, 0.25) is 0 Å². The monoisotopic (exact) mass is 301 g/mol. The zero-order valence-corrected chi connectivity index (χ0v) is 14.9. The van der Waals surface area contributed by atoms with Crippen LogP contribution < -0.4 is 5.73 Å². The summed E-state index contributed by atoms with van der Waals surface area (Å²) in [4.78, 5) is 4.45. The molecule has 0 saturated carbocycles. The van der Waals surface area contributed by atoms with Gasteiger partial charge in [-0.05, 0) is 57.6 Å². The van der Waals surface area contributed by atoms with Crippen LogP contribution in [-0.2, 0) is 0 Å². The Morgan fingerprint density at radius 1 is 1.27 bits per heavy atom. The number of hydrogen-bond acceptors (Lipinski definition) is 3. The molecule has 0 amide bonds. The fraction of sp³-hybridized carbons (Fsp3) is 0.579. The average Bonchev–Trinajstić information content (AvgIpc) is 2.51. The molecule has 0 radical (unpaired) electrons. The van der Waals surface area contributed by atoms with E-state index in [-0.39, 0.29) is 0 Å². The van der Waals surface area contributed by atoms with Gasteiger partial charge < -0.3 is 5.73 Å². The van der Waals surface area contributed by atoms with Gasteiger partial charge in [-0.25, -0.2) is 0 Å². The highest BCUT2D eigenvalue weighted by Crippen LogP contribution is 2.28. The van der Waals surface area contributed by atoms with Crippen LogP contribution in [0.5, 0.6) is 0 Å². The minimum atomic E-state index is 0.573. The molecule has 3 nitrogen and oxygen atoms in total. The van der Waals surface area contributed by atoms with Crippen molar-refractivity contribution in [3.8, 4) is 6.07 Å². The summed E-state index contributed by atoms with van der Waals surface area (Å²) < 4.78 is 0. The van der Waals surface area contributed by atoms with Gasteiger partial charge in [0, 0.05) is 29.6 Å². The molecule has 0 aromatic rings. The number of unbranched alkanes of at least 4 members (excludes halogenated alkanes) is 2. The summed E-state index contributed by atoms with van der Waals surface area (Å²) in [7, 11) is 0. The maximum atomic E-state index is 8.78. The van der Waals surface area contributed by atoms with E-state index in [1.165, 1.54) is 11.1 Å². The predicted molar refractivity (Wildman–Crippen MR) is 96.5 cm³/mol. The van der Waals surface area contributed by atoms with E-state index in [1.807, 2.05) is 13.8 Å². The molecule has 0 saturated heterocycles. The predicted octanol–water partition coefficient (Wildman–Crippen LogP) is 5.41. The van der Waals surface area contributed by atoms with E-state index in [1.54, 1.807) is 6.21 Å². The fourth-order valence-corrected chi connectivity index (χ4v) is 2.27. The van der Waals surface area contributed by atoms with Gasteiger partial charge in [0.05, 0.1) is 6.07 Å². The first kappa shape index (κ1) is 20.2. The molecule has 0 aromatic carbocycles. The molecule has 0 fully saturated rings. The Balaban J connectivity index is 5.87. The van der Waals surface area contributed by atoms with Crippen LogP contribution in [0.1, 0.15) is 73.1 Å². The molecule has 0 heterocycles. The van der Waals surface area contributed by atoms with E-state index in [4.69, 9.17) is 11.0 Å². The fourth-order valence-electron chi connectivity index (χ4n) is 2.27. The lowest BCUT2D eigenvalue weighted by Crippen LogP contribution is -2.09. The van der Waals surface area contributed by atoms with Crippen LogP contribution in [-0.4, -0.2) is 6.21 Å². The smallest absolute Gasteiger partial charge is 0.0621 e. The topological polar surface area (TPSA) is 62.2 Å². The molecule has 2 N–H and O–H groups in total. The standard InChI is InChI=1S/C19H31N3/c1-6-9-12-17(13-10-11-14-20)18(16(5)22-8-3)19(21)15(4)7-2/h8,12H,6-7,9-11,13,21H2,1-5H3/b17-12-,18-16-,19-15-,22-8?. The molecule has 0 unspecified atom stereocenters. The molecule has 0 bridgehead atoms. The number of rotatable bonds is 9. The first-order valence-electron chi connectivity index (χ1n) is 8.24. The number of hydrogen-bond donors (Lipinski definition) is 1. The molecule has 22 heavy (non-hydrogen) atoms. The van der Waals surface area contributed by atoms with Crippen LogP contribution in [0.3, 0.4) is 0 Å². The first-order chi connectivity index (χ1) is 10.5. The van der Waals surface area contributed by atoms with Gasteiger partial charge in [-0.1, -0.05) is 26.3 Å². The number of allylic oxidation sites excluding steroid dienone is 4.